The molecular weight excluding hydrogens is 432 g/mol. The van der Waals surface area contributed by atoms with Crippen LogP contribution in [0.5, 0.6) is 11.5 Å². The van der Waals surface area contributed by atoms with E-state index in [0.29, 0.717) is 23.4 Å². The average Bonchev–Trinajstić information content (AvgIpc) is 3.50. The molecule has 178 valence electrons. The van der Waals surface area contributed by atoms with E-state index in [-0.39, 0.29) is 18.7 Å². The normalized spacial score (nSPS) is 21.9. The molecule has 1 aromatic carbocycles. The Labute approximate surface area is 199 Å². The summed E-state index contributed by atoms with van der Waals surface area (Å²) in [5.41, 5.74) is 7.84. The van der Waals surface area contributed by atoms with Crippen molar-refractivity contribution in [3.05, 3.63) is 54.2 Å². The summed E-state index contributed by atoms with van der Waals surface area (Å²) in [6, 6.07) is 8.22. The highest BCUT2D eigenvalue weighted by Gasteiger charge is 2.43. The number of hydrogen-bond acceptors (Lipinski definition) is 6. The Morgan fingerprint density at radius 2 is 2.06 bits per heavy atom. The third kappa shape index (κ3) is 4.35. The number of aryl methyl sites for hydroxylation is 1. The highest BCUT2D eigenvalue weighted by Crippen LogP contribution is 2.38. The molecule has 1 fully saturated rings. The van der Waals surface area contributed by atoms with E-state index in [1.54, 1.807) is 12.5 Å². The number of nitrogens with zero attached hydrogens (tertiary/aromatic N) is 5. The Kier molecular flexibility index (Phi) is 6.19. The molecule has 3 aromatic rings. The van der Waals surface area contributed by atoms with E-state index in [1.807, 2.05) is 22.9 Å². The Morgan fingerprint density at radius 1 is 1.18 bits per heavy atom. The number of benzene rings is 1. The fraction of sp³-hybridized carbons (Fsp3) is 0.440. The first kappa shape index (κ1) is 22.3. The molecule has 2 aliphatic rings. The van der Waals surface area contributed by atoms with Crippen molar-refractivity contribution in [3.8, 4) is 17.4 Å². The van der Waals surface area contributed by atoms with Crippen molar-refractivity contribution < 1.29 is 14.3 Å². The number of imidazole rings is 1. The van der Waals surface area contributed by atoms with Gasteiger partial charge in [-0.05, 0) is 43.9 Å². The van der Waals surface area contributed by atoms with Crippen LogP contribution in [-0.4, -0.2) is 44.8 Å². The van der Waals surface area contributed by atoms with E-state index in [2.05, 4.69) is 24.0 Å². The van der Waals surface area contributed by atoms with Crippen LogP contribution in [0.2, 0.25) is 0 Å². The number of hydrogen-bond donors (Lipinski definition) is 1. The van der Waals surface area contributed by atoms with Crippen LogP contribution in [0.1, 0.15) is 50.3 Å². The molecule has 2 N–H and O–H groups in total. The van der Waals surface area contributed by atoms with Gasteiger partial charge in [-0.2, -0.15) is 4.98 Å². The molecule has 0 radical (unpaired) electrons. The van der Waals surface area contributed by atoms with Gasteiger partial charge in [0.1, 0.15) is 18.9 Å². The van der Waals surface area contributed by atoms with Crippen LogP contribution in [0.4, 0.5) is 5.82 Å². The molecule has 2 aromatic heterocycles. The predicted octanol–water partition coefficient (Wildman–Crippen LogP) is 3.28. The summed E-state index contributed by atoms with van der Waals surface area (Å²) in [6.45, 7) is 3.88. The van der Waals surface area contributed by atoms with Gasteiger partial charge in [0.2, 0.25) is 24.5 Å². The SMILES string of the molecule is CCc1cc([N+]2(Cc3ccc4c(c3)OCO4)CCCCCC2CC(N)=O)nc(-n2ccnc2)n1. The first-order valence-corrected chi connectivity index (χ1v) is 12.0. The van der Waals surface area contributed by atoms with E-state index < -0.39 is 0 Å². The second-order valence-electron chi connectivity index (χ2n) is 9.12. The van der Waals surface area contributed by atoms with Crippen LogP contribution in [0.25, 0.3) is 5.95 Å². The highest BCUT2D eigenvalue weighted by atomic mass is 16.7. The van der Waals surface area contributed by atoms with E-state index in [9.17, 15) is 4.79 Å². The van der Waals surface area contributed by atoms with E-state index >= 15 is 0 Å². The summed E-state index contributed by atoms with van der Waals surface area (Å²) in [5, 5.41) is 0. The minimum absolute atomic E-state index is 0.0284. The van der Waals surface area contributed by atoms with Gasteiger partial charge in [0, 0.05) is 30.4 Å². The third-order valence-corrected chi connectivity index (χ3v) is 6.94. The smallest absolute Gasteiger partial charge is 0.240 e. The molecule has 2 atom stereocenters. The van der Waals surface area contributed by atoms with Gasteiger partial charge >= 0.3 is 0 Å². The first-order chi connectivity index (χ1) is 16.6. The van der Waals surface area contributed by atoms with Crippen LogP contribution >= 0.6 is 0 Å². The molecule has 9 heteroatoms. The average molecular weight is 464 g/mol. The number of aromatic nitrogens is 4. The lowest BCUT2D eigenvalue weighted by atomic mass is 10.0. The maximum atomic E-state index is 12.2. The Bertz CT molecular complexity index is 1170. The maximum Gasteiger partial charge on any atom is 0.240 e. The lowest BCUT2D eigenvalue weighted by Crippen LogP contribution is -2.57. The number of primary amides is 1. The molecule has 9 nitrogen and oxygen atoms in total. The molecule has 1 amide bonds. The van der Waals surface area contributed by atoms with Crippen molar-refractivity contribution in [3.63, 3.8) is 0 Å². The van der Waals surface area contributed by atoms with Crippen molar-refractivity contribution >= 4 is 11.7 Å². The van der Waals surface area contributed by atoms with Crippen LogP contribution < -0.4 is 19.7 Å². The molecular formula is C25H31N6O3+. The van der Waals surface area contributed by atoms with Gasteiger partial charge in [0.15, 0.2) is 11.5 Å². The van der Waals surface area contributed by atoms with Crippen molar-refractivity contribution in [2.75, 3.05) is 13.3 Å². The minimum Gasteiger partial charge on any atom is -0.454 e. The fourth-order valence-corrected chi connectivity index (χ4v) is 5.22. The van der Waals surface area contributed by atoms with Crippen molar-refractivity contribution in [2.45, 2.75) is 58.0 Å². The molecule has 0 bridgehead atoms. The molecule has 0 aliphatic carbocycles. The van der Waals surface area contributed by atoms with Gasteiger partial charge in [0.05, 0.1) is 18.7 Å². The predicted molar refractivity (Wildman–Crippen MR) is 128 cm³/mol. The summed E-state index contributed by atoms with van der Waals surface area (Å²) in [5.74, 6) is 2.75. The molecule has 1 saturated heterocycles. The minimum atomic E-state index is -0.278. The van der Waals surface area contributed by atoms with Crippen LogP contribution in [0.15, 0.2) is 43.0 Å². The summed E-state index contributed by atoms with van der Waals surface area (Å²) >= 11 is 0. The van der Waals surface area contributed by atoms with Crippen LogP contribution in [-0.2, 0) is 17.8 Å². The Hall–Kier alpha value is -3.46. The van der Waals surface area contributed by atoms with Gasteiger partial charge in [-0.3, -0.25) is 13.8 Å². The van der Waals surface area contributed by atoms with Gasteiger partial charge in [-0.1, -0.05) is 6.92 Å². The molecule has 2 aliphatic heterocycles. The summed E-state index contributed by atoms with van der Waals surface area (Å²) in [4.78, 5) is 26.2. The van der Waals surface area contributed by atoms with Gasteiger partial charge in [-0.25, -0.2) is 9.97 Å². The summed E-state index contributed by atoms with van der Waals surface area (Å²) < 4.78 is 13.6. The number of ether oxygens (including phenoxy) is 2. The van der Waals surface area contributed by atoms with Gasteiger partial charge in [0.25, 0.3) is 0 Å². The molecule has 5 rings (SSSR count). The molecule has 34 heavy (non-hydrogen) atoms. The number of amides is 1. The number of quaternary nitrogens is 1. The fourth-order valence-electron chi connectivity index (χ4n) is 5.22. The zero-order chi connectivity index (χ0) is 23.5. The zero-order valence-corrected chi connectivity index (χ0v) is 19.5. The van der Waals surface area contributed by atoms with Crippen molar-refractivity contribution in [1.82, 2.24) is 24.0 Å². The standard InChI is InChI=1S/C25H30N6O3/c1-2-19-13-24(29-25(28-19)30-10-9-27-16-30)31(11-5-3-4-6-20(31)14-23(26)32)15-18-7-8-21-22(12-18)34-17-33-21/h7-10,12-13,16,20H,2-6,11,14-15,17H2,1H3,(H-,26,32)/p+1. The number of likely N-dealkylation sites (tertiary alicyclic amines) is 1. The molecule has 0 saturated carbocycles. The monoisotopic (exact) mass is 463 g/mol. The maximum absolute atomic E-state index is 12.2. The van der Waals surface area contributed by atoms with Crippen LogP contribution in [0, 0.1) is 0 Å². The molecule has 4 heterocycles. The third-order valence-electron chi connectivity index (χ3n) is 6.94. The Morgan fingerprint density at radius 3 is 2.85 bits per heavy atom. The number of carbonyl (C=O) groups excluding carboxylic acids is 1. The van der Waals surface area contributed by atoms with E-state index in [4.69, 9.17) is 25.2 Å². The zero-order valence-electron chi connectivity index (χ0n) is 19.5. The van der Waals surface area contributed by atoms with Gasteiger partial charge < -0.3 is 15.2 Å². The number of rotatable bonds is 7. The lowest BCUT2D eigenvalue weighted by molar-refractivity contribution is -0.119. The topological polar surface area (TPSA) is 105 Å². The highest BCUT2D eigenvalue weighted by molar-refractivity contribution is 5.74. The quantitative estimate of drug-likeness (QED) is 0.539. The molecule has 2 unspecified atom stereocenters. The Balaban J connectivity index is 1.66. The van der Waals surface area contributed by atoms with E-state index in [1.165, 1.54) is 0 Å². The van der Waals surface area contributed by atoms with Crippen LogP contribution in [0.3, 0.4) is 0 Å². The summed E-state index contributed by atoms with van der Waals surface area (Å²) in [7, 11) is 0. The van der Waals surface area contributed by atoms with Crippen molar-refractivity contribution in [1.29, 1.82) is 0 Å². The van der Waals surface area contributed by atoms with Gasteiger partial charge in [-0.15, -0.1) is 0 Å². The largest absolute Gasteiger partial charge is 0.454 e. The number of nitrogens with two attached hydrogens (primary N) is 1. The number of carbonyl (C=O) groups is 1. The number of fused-ring (bicyclic) bond motifs is 1. The molecule has 0 spiro atoms. The lowest BCUT2D eigenvalue weighted by Gasteiger charge is -2.42. The van der Waals surface area contributed by atoms with E-state index in [0.717, 1.165) is 67.2 Å². The second kappa shape index (κ2) is 9.42. The second-order valence-corrected chi connectivity index (χ2v) is 9.12. The first-order valence-electron chi connectivity index (χ1n) is 12.0. The summed E-state index contributed by atoms with van der Waals surface area (Å²) in [6.07, 6.45) is 10.5. The van der Waals surface area contributed by atoms with Crippen molar-refractivity contribution in [2.24, 2.45) is 5.73 Å².